The first-order chi connectivity index (χ1) is 16.0. The minimum absolute atomic E-state index is 0.112. The molecule has 200 valence electrons. The zero-order valence-electron chi connectivity index (χ0n) is 19.3. The van der Waals surface area contributed by atoms with Crippen molar-refractivity contribution in [3.05, 3.63) is 30.1 Å². The molecule has 0 unspecified atom stereocenters. The standard InChI is InChI=1S/C17H27N3O.2C2HF3O2/c1-19(2)13-16-6-3-7-17(21-16)8-10-20(14-17)12-15-5-4-9-18-11-15;2*3-2(4,5)1(6)7/h4-5,9,11,16H,3,6-8,10,12-14H2,1-2H3;2*(H,6,7)/t16-,17-;;/m1../s1. The number of likely N-dealkylation sites (tertiary alicyclic amines) is 1. The number of carboxylic acid groups (broad SMARTS) is 2. The van der Waals surface area contributed by atoms with Crippen LogP contribution in [0.3, 0.4) is 0 Å². The Hall–Kier alpha value is -2.45. The molecule has 2 N–H and O–H groups in total. The molecule has 2 fully saturated rings. The van der Waals surface area contributed by atoms with Crippen LogP contribution in [0, 0.1) is 0 Å². The number of carboxylic acids is 2. The van der Waals surface area contributed by atoms with E-state index in [0.29, 0.717) is 6.10 Å². The molecule has 2 saturated heterocycles. The van der Waals surface area contributed by atoms with E-state index in [1.165, 1.54) is 31.2 Å². The molecule has 0 amide bonds. The van der Waals surface area contributed by atoms with E-state index < -0.39 is 24.3 Å². The third-order valence-corrected chi connectivity index (χ3v) is 5.15. The van der Waals surface area contributed by atoms with Crippen LogP contribution in [0.5, 0.6) is 0 Å². The molecule has 1 spiro atoms. The number of alkyl halides is 6. The van der Waals surface area contributed by atoms with E-state index in [-0.39, 0.29) is 5.60 Å². The third-order valence-electron chi connectivity index (χ3n) is 5.15. The van der Waals surface area contributed by atoms with Crippen LogP contribution in [-0.2, 0) is 20.9 Å². The van der Waals surface area contributed by atoms with E-state index in [0.717, 1.165) is 26.2 Å². The first kappa shape index (κ1) is 30.6. The van der Waals surface area contributed by atoms with Crippen molar-refractivity contribution < 1.29 is 50.9 Å². The van der Waals surface area contributed by atoms with Gasteiger partial charge in [0.2, 0.25) is 0 Å². The average Bonchev–Trinajstić information content (AvgIpc) is 3.09. The molecule has 2 aliphatic rings. The molecule has 8 nitrogen and oxygen atoms in total. The third kappa shape index (κ3) is 11.7. The zero-order chi connectivity index (χ0) is 26.9. The fourth-order valence-electron chi connectivity index (χ4n) is 3.77. The number of carbonyl (C=O) groups is 2. The lowest BCUT2D eigenvalue weighted by Gasteiger charge is -2.39. The first-order valence-corrected chi connectivity index (χ1v) is 10.6. The lowest BCUT2D eigenvalue weighted by atomic mass is 9.90. The van der Waals surface area contributed by atoms with Crippen molar-refractivity contribution in [2.24, 2.45) is 0 Å². The van der Waals surface area contributed by atoms with Crippen LogP contribution in [0.4, 0.5) is 26.3 Å². The molecule has 1 aromatic rings. The summed E-state index contributed by atoms with van der Waals surface area (Å²) in [6, 6.07) is 4.18. The molecule has 14 heteroatoms. The predicted octanol–water partition coefficient (Wildman–Crippen LogP) is 3.42. The summed E-state index contributed by atoms with van der Waals surface area (Å²) >= 11 is 0. The van der Waals surface area contributed by atoms with Crippen LogP contribution in [0.15, 0.2) is 24.5 Å². The first-order valence-electron chi connectivity index (χ1n) is 10.6. The van der Waals surface area contributed by atoms with Crippen LogP contribution in [0.25, 0.3) is 0 Å². The number of hydrogen-bond acceptors (Lipinski definition) is 6. The predicted molar refractivity (Wildman–Crippen MR) is 112 cm³/mol. The van der Waals surface area contributed by atoms with E-state index in [1.807, 2.05) is 18.5 Å². The number of halogens is 6. The Morgan fingerprint density at radius 2 is 1.71 bits per heavy atom. The Balaban J connectivity index is 0.000000362. The van der Waals surface area contributed by atoms with Crippen molar-refractivity contribution in [2.75, 3.05) is 33.7 Å². The summed E-state index contributed by atoms with van der Waals surface area (Å²) in [7, 11) is 4.27. The van der Waals surface area contributed by atoms with Crippen LogP contribution < -0.4 is 0 Å². The number of rotatable bonds is 4. The van der Waals surface area contributed by atoms with E-state index in [1.54, 1.807) is 0 Å². The van der Waals surface area contributed by atoms with Gasteiger partial charge in [-0.15, -0.1) is 0 Å². The van der Waals surface area contributed by atoms with Gasteiger partial charge < -0.3 is 19.8 Å². The molecule has 0 bridgehead atoms. The molecule has 0 aromatic carbocycles. The van der Waals surface area contributed by atoms with Crippen molar-refractivity contribution in [3.8, 4) is 0 Å². The topological polar surface area (TPSA) is 103 Å². The molecule has 3 rings (SSSR count). The molecule has 2 aliphatic heterocycles. The Morgan fingerprint density at radius 1 is 1.14 bits per heavy atom. The van der Waals surface area contributed by atoms with Gasteiger partial charge in [-0.1, -0.05) is 6.07 Å². The van der Waals surface area contributed by atoms with Crippen LogP contribution in [-0.4, -0.2) is 94.7 Å². The fourth-order valence-corrected chi connectivity index (χ4v) is 3.77. The molecule has 0 radical (unpaired) electrons. The summed E-state index contributed by atoms with van der Waals surface area (Å²) in [5.74, 6) is -5.51. The highest BCUT2D eigenvalue weighted by Gasteiger charge is 2.43. The summed E-state index contributed by atoms with van der Waals surface area (Å²) in [6.45, 7) is 4.26. The van der Waals surface area contributed by atoms with E-state index in [9.17, 15) is 26.3 Å². The minimum Gasteiger partial charge on any atom is -0.475 e. The molecule has 0 saturated carbocycles. The minimum atomic E-state index is -5.08. The second kappa shape index (κ2) is 13.0. The molecule has 35 heavy (non-hydrogen) atoms. The number of ether oxygens (including phenoxy) is 1. The van der Waals surface area contributed by atoms with Crippen molar-refractivity contribution >= 4 is 11.9 Å². The Labute approximate surface area is 198 Å². The summed E-state index contributed by atoms with van der Waals surface area (Å²) in [4.78, 5) is 26.8. The average molecular weight is 517 g/mol. The van der Waals surface area contributed by atoms with Gasteiger partial charge in [0.25, 0.3) is 0 Å². The van der Waals surface area contributed by atoms with Gasteiger partial charge in [-0.05, 0) is 51.4 Å². The second-order valence-corrected chi connectivity index (χ2v) is 8.51. The van der Waals surface area contributed by atoms with Crippen molar-refractivity contribution in [2.45, 2.75) is 56.3 Å². The molecule has 3 heterocycles. The van der Waals surface area contributed by atoms with Gasteiger partial charge in [0.15, 0.2) is 0 Å². The van der Waals surface area contributed by atoms with Gasteiger partial charge in [-0.25, -0.2) is 9.59 Å². The monoisotopic (exact) mass is 517 g/mol. The van der Waals surface area contributed by atoms with Crippen LogP contribution >= 0.6 is 0 Å². The SMILES string of the molecule is CN(C)C[C@H]1CCC[C@]2(CCN(Cc3cccnc3)C2)O1.O=C(O)C(F)(F)F.O=C(O)C(F)(F)F. The summed E-state index contributed by atoms with van der Waals surface area (Å²) < 4.78 is 70.0. The number of hydrogen-bond donors (Lipinski definition) is 2. The van der Waals surface area contributed by atoms with Gasteiger partial charge in [0.05, 0.1) is 11.7 Å². The van der Waals surface area contributed by atoms with Crippen molar-refractivity contribution in [1.82, 2.24) is 14.8 Å². The van der Waals surface area contributed by atoms with Crippen LogP contribution in [0.1, 0.15) is 31.2 Å². The number of likely N-dealkylation sites (N-methyl/N-ethyl adjacent to an activating group) is 1. The van der Waals surface area contributed by atoms with Crippen molar-refractivity contribution in [1.29, 1.82) is 0 Å². The zero-order valence-corrected chi connectivity index (χ0v) is 19.3. The number of aromatic nitrogens is 1. The maximum atomic E-state index is 10.6. The second-order valence-electron chi connectivity index (χ2n) is 8.51. The lowest BCUT2D eigenvalue weighted by molar-refractivity contribution is -0.193. The Bertz CT molecular complexity index is 783. The van der Waals surface area contributed by atoms with E-state index >= 15 is 0 Å². The quantitative estimate of drug-likeness (QED) is 0.586. The van der Waals surface area contributed by atoms with Gasteiger partial charge in [0.1, 0.15) is 0 Å². The maximum absolute atomic E-state index is 10.6. The number of pyridine rings is 1. The largest absolute Gasteiger partial charge is 0.490 e. The normalized spacial score (nSPS) is 22.7. The highest BCUT2D eigenvalue weighted by molar-refractivity contribution is 5.73. The maximum Gasteiger partial charge on any atom is 0.490 e. The summed E-state index contributed by atoms with van der Waals surface area (Å²) in [5.41, 5.74) is 1.41. The number of nitrogens with zero attached hydrogens (tertiary/aromatic N) is 3. The van der Waals surface area contributed by atoms with Gasteiger partial charge in [0, 0.05) is 38.6 Å². The molecule has 0 aliphatic carbocycles. The summed E-state index contributed by atoms with van der Waals surface area (Å²) in [5, 5.41) is 14.2. The molecular weight excluding hydrogens is 488 g/mol. The summed E-state index contributed by atoms with van der Waals surface area (Å²) in [6.07, 6.45) is -1.03. The Kier molecular flexibility index (Phi) is 11.4. The van der Waals surface area contributed by atoms with Gasteiger partial charge >= 0.3 is 24.3 Å². The number of aliphatic carboxylic acids is 2. The molecule has 2 atom stereocenters. The van der Waals surface area contributed by atoms with Gasteiger partial charge in [-0.3, -0.25) is 9.88 Å². The Morgan fingerprint density at radius 3 is 2.17 bits per heavy atom. The van der Waals surface area contributed by atoms with E-state index in [4.69, 9.17) is 24.5 Å². The van der Waals surface area contributed by atoms with Crippen molar-refractivity contribution in [3.63, 3.8) is 0 Å². The fraction of sp³-hybridized carbons (Fsp3) is 0.667. The molecule has 1 aromatic heterocycles. The van der Waals surface area contributed by atoms with E-state index in [2.05, 4.69) is 34.9 Å². The highest BCUT2D eigenvalue weighted by Crippen LogP contribution is 2.37. The smallest absolute Gasteiger partial charge is 0.475 e. The molecular formula is C21H29F6N3O5. The van der Waals surface area contributed by atoms with Crippen LogP contribution in [0.2, 0.25) is 0 Å². The van der Waals surface area contributed by atoms with Gasteiger partial charge in [-0.2, -0.15) is 26.3 Å². The lowest BCUT2D eigenvalue weighted by Crippen LogP contribution is -2.45. The highest BCUT2D eigenvalue weighted by atomic mass is 19.4.